The highest BCUT2D eigenvalue weighted by Gasteiger charge is 2.23. The van der Waals surface area contributed by atoms with E-state index in [0.717, 1.165) is 38.7 Å². The van der Waals surface area contributed by atoms with Gasteiger partial charge in [-0.25, -0.2) is 0 Å². The molecule has 2 aliphatic heterocycles. The first-order valence-electron chi connectivity index (χ1n) is 5.67. The molecule has 4 heteroatoms. The highest BCUT2D eigenvalue weighted by atomic mass is 15.3. The Morgan fingerprint density at radius 1 is 1.36 bits per heavy atom. The maximum absolute atomic E-state index is 4.49. The van der Waals surface area contributed by atoms with Crippen molar-refractivity contribution in [2.75, 3.05) is 32.7 Å². The Morgan fingerprint density at radius 3 is 2.71 bits per heavy atom. The second-order valence-electron chi connectivity index (χ2n) is 3.90. The zero-order chi connectivity index (χ0) is 9.80. The lowest BCUT2D eigenvalue weighted by Gasteiger charge is -2.35. The maximum Gasteiger partial charge on any atom is 0.194 e. The topological polar surface area (TPSA) is 39.7 Å². The SMILES string of the molecule is CCN(C1=NCCN1)C1CCNCC1. The van der Waals surface area contributed by atoms with Gasteiger partial charge in [0.15, 0.2) is 5.96 Å². The largest absolute Gasteiger partial charge is 0.354 e. The number of nitrogens with zero attached hydrogens (tertiary/aromatic N) is 2. The fourth-order valence-corrected chi connectivity index (χ4v) is 2.28. The van der Waals surface area contributed by atoms with E-state index in [-0.39, 0.29) is 0 Å². The number of nitrogens with one attached hydrogen (secondary N) is 2. The smallest absolute Gasteiger partial charge is 0.194 e. The summed E-state index contributed by atoms with van der Waals surface area (Å²) in [6.45, 7) is 7.53. The molecular formula is C10H20N4. The first-order valence-corrected chi connectivity index (χ1v) is 5.67. The normalized spacial score (nSPS) is 23.1. The lowest BCUT2D eigenvalue weighted by atomic mass is 10.1. The van der Waals surface area contributed by atoms with E-state index in [0.29, 0.717) is 6.04 Å². The lowest BCUT2D eigenvalue weighted by molar-refractivity contribution is 0.257. The second kappa shape index (κ2) is 4.64. The summed E-state index contributed by atoms with van der Waals surface area (Å²) in [4.78, 5) is 6.92. The fraction of sp³-hybridized carbons (Fsp3) is 0.900. The summed E-state index contributed by atoms with van der Waals surface area (Å²) in [7, 11) is 0. The molecule has 2 heterocycles. The van der Waals surface area contributed by atoms with Crippen LogP contribution in [-0.2, 0) is 0 Å². The van der Waals surface area contributed by atoms with E-state index in [1.54, 1.807) is 0 Å². The van der Waals surface area contributed by atoms with E-state index in [4.69, 9.17) is 0 Å². The summed E-state index contributed by atoms with van der Waals surface area (Å²) in [6, 6.07) is 0.686. The van der Waals surface area contributed by atoms with E-state index < -0.39 is 0 Å². The molecule has 4 nitrogen and oxygen atoms in total. The standard InChI is InChI=1S/C10H20N4/c1-2-14(10-12-7-8-13-10)9-3-5-11-6-4-9/h9,11H,2-8H2,1H3,(H,12,13). The van der Waals surface area contributed by atoms with Crippen molar-refractivity contribution in [2.45, 2.75) is 25.8 Å². The van der Waals surface area contributed by atoms with Crippen molar-refractivity contribution >= 4 is 5.96 Å². The van der Waals surface area contributed by atoms with Crippen LogP contribution in [0, 0.1) is 0 Å². The highest BCUT2D eigenvalue weighted by Crippen LogP contribution is 2.12. The molecule has 0 radical (unpaired) electrons. The van der Waals surface area contributed by atoms with Crippen molar-refractivity contribution in [3.8, 4) is 0 Å². The van der Waals surface area contributed by atoms with Crippen LogP contribution in [0.3, 0.4) is 0 Å². The molecule has 0 aromatic heterocycles. The predicted molar refractivity (Wildman–Crippen MR) is 58.6 cm³/mol. The van der Waals surface area contributed by atoms with Crippen molar-refractivity contribution in [1.82, 2.24) is 15.5 Å². The molecule has 1 saturated heterocycles. The van der Waals surface area contributed by atoms with Crippen molar-refractivity contribution in [2.24, 2.45) is 4.99 Å². The third kappa shape index (κ3) is 2.00. The molecule has 0 aromatic carbocycles. The molecule has 80 valence electrons. The van der Waals surface area contributed by atoms with Gasteiger partial charge in [0, 0.05) is 19.1 Å². The number of hydrogen-bond donors (Lipinski definition) is 2. The molecule has 0 unspecified atom stereocenters. The van der Waals surface area contributed by atoms with E-state index in [2.05, 4.69) is 27.4 Å². The number of guanidine groups is 1. The van der Waals surface area contributed by atoms with E-state index >= 15 is 0 Å². The maximum atomic E-state index is 4.49. The molecule has 0 aliphatic carbocycles. The number of piperidine rings is 1. The average molecular weight is 196 g/mol. The Morgan fingerprint density at radius 2 is 2.14 bits per heavy atom. The van der Waals surface area contributed by atoms with Crippen molar-refractivity contribution in [3.05, 3.63) is 0 Å². The van der Waals surface area contributed by atoms with Gasteiger partial charge in [0.2, 0.25) is 0 Å². The van der Waals surface area contributed by atoms with Crippen molar-refractivity contribution in [3.63, 3.8) is 0 Å². The molecule has 0 bridgehead atoms. The number of aliphatic imine (C=N–C) groups is 1. The van der Waals surface area contributed by atoms with E-state index in [1.807, 2.05) is 0 Å². The minimum Gasteiger partial charge on any atom is -0.354 e. The van der Waals surface area contributed by atoms with Gasteiger partial charge in [0.1, 0.15) is 0 Å². The van der Waals surface area contributed by atoms with Crippen LogP contribution in [0.2, 0.25) is 0 Å². The molecule has 14 heavy (non-hydrogen) atoms. The van der Waals surface area contributed by atoms with Crippen molar-refractivity contribution < 1.29 is 0 Å². The van der Waals surface area contributed by atoms with Gasteiger partial charge in [-0.15, -0.1) is 0 Å². The van der Waals surface area contributed by atoms with Crippen LogP contribution in [-0.4, -0.2) is 49.6 Å². The summed E-state index contributed by atoms with van der Waals surface area (Å²) in [5.41, 5.74) is 0. The molecule has 2 rings (SSSR count). The van der Waals surface area contributed by atoms with Gasteiger partial charge in [0.05, 0.1) is 6.54 Å². The minimum atomic E-state index is 0.686. The number of rotatable bonds is 2. The van der Waals surface area contributed by atoms with Gasteiger partial charge < -0.3 is 15.5 Å². The van der Waals surface area contributed by atoms with Gasteiger partial charge in [-0.3, -0.25) is 4.99 Å². The Hall–Kier alpha value is -0.770. The molecule has 0 aromatic rings. The molecule has 1 fully saturated rings. The quantitative estimate of drug-likeness (QED) is 0.654. The van der Waals surface area contributed by atoms with Gasteiger partial charge in [0.25, 0.3) is 0 Å². The van der Waals surface area contributed by atoms with E-state index in [1.165, 1.54) is 12.8 Å². The Labute approximate surface area is 85.8 Å². The first kappa shape index (κ1) is 9.77. The number of hydrogen-bond acceptors (Lipinski definition) is 4. The van der Waals surface area contributed by atoms with Gasteiger partial charge in [-0.05, 0) is 32.9 Å². The molecule has 2 N–H and O–H groups in total. The van der Waals surface area contributed by atoms with Gasteiger partial charge in [-0.1, -0.05) is 0 Å². The fourth-order valence-electron chi connectivity index (χ4n) is 2.28. The minimum absolute atomic E-state index is 0.686. The van der Waals surface area contributed by atoms with Gasteiger partial charge >= 0.3 is 0 Å². The van der Waals surface area contributed by atoms with Crippen LogP contribution >= 0.6 is 0 Å². The van der Waals surface area contributed by atoms with Crippen LogP contribution in [0.15, 0.2) is 4.99 Å². The van der Waals surface area contributed by atoms with Gasteiger partial charge in [-0.2, -0.15) is 0 Å². The van der Waals surface area contributed by atoms with Crippen LogP contribution in [0.25, 0.3) is 0 Å². The van der Waals surface area contributed by atoms with E-state index in [9.17, 15) is 0 Å². The summed E-state index contributed by atoms with van der Waals surface area (Å²) in [5.74, 6) is 1.12. The summed E-state index contributed by atoms with van der Waals surface area (Å²) in [6.07, 6.45) is 2.49. The van der Waals surface area contributed by atoms with Crippen molar-refractivity contribution in [1.29, 1.82) is 0 Å². The molecule has 0 atom stereocenters. The zero-order valence-electron chi connectivity index (χ0n) is 8.92. The zero-order valence-corrected chi connectivity index (χ0v) is 8.92. The lowest BCUT2D eigenvalue weighted by Crippen LogP contribution is -2.49. The third-order valence-corrected chi connectivity index (χ3v) is 3.02. The van der Waals surface area contributed by atoms with Crippen LogP contribution in [0.4, 0.5) is 0 Å². The summed E-state index contributed by atoms with van der Waals surface area (Å²) in [5, 5.41) is 6.76. The second-order valence-corrected chi connectivity index (χ2v) is 3.90. The summed E-state index contributed by atoms with van der Waals surface area (Å²) >= 11 is 0. The molecule has 0 saturated carbocycles. The Balaban J connectivity index is 1.96. The Bertz CT molecular complexity index is 208. The first-order chi connectivity index (χ1) is 6.92. The molecule has 0 spiro atoms. The predicted octanol–water partition coefficient (Wildman–Crippen LogP) is 0.0195. The molecule has 0 amide bonds. The monoisotopic (exact) mass is 196 g/mol. The van der Waals surface area contributed by atoms with Crippen LogP contribution in [0.5, 0.6) is 0 Å². The highest BCUT2D eigenvalue weighted by molar-refractivity contribution is 5.81. The third-order valence-electron chi connectivity index (χ3n) is 3.02. The Kier molecular flexibility index (Phi) is 3.24. The molecule has 2 aliphatic rings. The molecular weight excluding hydrogens is 176 g/mol. The summed E-state index contributed by atoms with van der Waals surface area (Å²) < 4.78 is 0. The van der Waals surface area contributed by atoms with Crippen LogP contribution < -0.4 is 10.6 Å². The van der Waals surface area contributed by atoms with Crippen LogP contribution in [0.1, 0.15) is 19.8 Å². The average Bonchev–Trinajstić information content (AvgIpc) is 2.74.